The number of rotatable bonds is 5. The number of nitrogens with zero attached hydrogens (tertiary/aromatic N) is 2. The van der Waals surface area contributed by atoms with Crippen LogP contribution in [0, 0.1) is 12.3 Å². The van der Waals surface area contributed by atoms with E-state index in [0.717, 1.165) is 18.8 Å². The summed E-state index contributed by atoms with van der Waals surface area (Å²) in [4.78, 5) is 16.8. The van der Waals surface area contributed by atoms with E-state index < -0.39 is 10.0 Å². The van der Waals surface area contributed by atoms with Gasteiger partial charge in [0.15, 0.2) is 0 Å². The summed E-state index contributed by atoms with van der Waals surface area (Å²) in [7, 11) is -3.65. The third-order valence-corrected chi connectivity index (χ3v) is 5.88. The van der Waals surface area contributed by atoms with Gasteiger partial charge in [-0.1, -0.05) is 24.1 Å². The maximum atomic E-state index is 12.7. The molecule has 0 bridgehead atoms. The standard InChI is InChI=1S/C20H21N3O3S/c1-2-12-21-27(25,26)19-10-8-17(9-11-19)20(24)23-15-13-22(14-16-23)18-6-4-3-5-7-18/h1,3-11,21H,12-16H2. The number of hydrogen-bond acceptors (Lipinski definition) is 4. The lowest BCUT2D eigenvalue weighted by Crippen LogP contribution is -2.48. The molecule has 1 N–H and O–H groups in total. The molecule has 1 aliphatic heterocycles. The average molecular weight is 383 g/mol. The van der Waals surface area contributed by atoms with Crippen molar-refractivity contribution >= 4 is 21.6 Å². The van der Waals surface area contributed by atoms with E-state index in [4.69, 9.17) is 6.42 Å². The van der Waals surface area contributed by atoms with Crippen molar-refractivity contribution in [1.29, 1.82) is 0 Å². The number of terminal acetylenes is 1. The van der Waals surface area contributed by atoms with Gasteiger partial charge >= 0.3 is 0 Å². The van der Waals surface area contributed by atoms with E-state index in [0.29, 0.717) is 18.7 Å². The first kappa shape index (κ1) is 19.0. The Balaban J connectivity index is 1.63. The Hall–Kier alpha value is -2.82. The lowest BCUT2D eigenvalue weighted by Gasteiger charge is -2.36. The van der Waals surface area contributed by atoms with E-state index in [1.54, 1.807) is 4.90 Å². The Kier molecular flexibility index (Phi) is 5.79. The highest BCUT2D eigenvalue weighted by atomic mass is 32.2. The minimum Gasteiger partial charge on any atom is -0.368 e. The molecule has 1 aliphatic rings. The van der Waals surface area contributed by atoms with Crippen LogP contribution in [-0.4, -0.2) is 51.9 Å². The summed E-state index contributed by atoms with van der Waals surface area (Å²) in [5.74, 6) is 2.13. The Morgan fingerprint density at radius 2 is 1.63 bits per heavy atom. The third-order valence-electron chi connectivity index (χ3n) is 4.46. The highest BCUT2D eigenvalue weighted by Crippen LogP contribution is 2.17. The molecule has 0 aromatic heterocycles. The van der Waals surface area contributed by atoms with Crippen LogP contribution in [0.2, 0.25) is 0 Å². The molecule has 2 aromatic rings. The molecule has 1 fully saturated rings. The van der Waals surface area contributed by atoms with Gasteiger partial charge < -0.3 is 9.80 Å². The van der Waals surface area contributed by atoms with E-state index in [2.05, 4.69) is 27.7 Å². The number of carbonyl (C=O) groups is 1. The van der Waals surface area contributed by atoms with Gasteiger partial charge in [0.1, 0.15) is 0 Å². The monoisotopic (exact) mass is 383 g/mol. The van der Waals surface area contributed by atoms with Crippen molar-refractivity contribution in [1.82, 2.24) is 9.62 Å². The van der Waals surface area contributed by atoms with E-state index >= 15 is 0 Å². The molecule has 1 heterocycles. The molecule has 1 saturated heterocycles. The predicted molar refractivity (Wildman–Crippen MR) is 105 cm³/mol. The van der Waals surface area contributed by atoms with Crippen molar-refractivity contribution in [3.8, 4) is 12.3 Å². The van der Waals surface area contributed by atoms with Crippen LogP contribution in [0.3, 0.4) is 0 Å². The summed E-state index contributed by atoms with van der Waals surface area (Å²) in [6.07, 6.45) is 5.08. The second-order valence-electron chi connectivity index (χ2n) is 6.17. The fourth-order valence-corrected chi connectivity index (χ4v) is 3.92. The number of amides is 1. The third kappa shape index (κ3) is 4.48. The Labute approximate surface area is 159 Å². The highest BCUT2D eigenvalue weighted by molar-refractivity contribution is 7.89. The van der Waals surface area contributed by atoms with Crippen molar-refractivity contribution in [3.63, 3.8) is 0 Å². The van der Waals surface area contributed by atoms with Crippen LogP contribution in [0.25, 0.3) is 0 Å². The maximum absolute atomic E-state index is 12.7. The Morgan fingerprint density at radius 3 is 2.22 bits per heavy atom. The van der Waals surface area contributed by atoms with Crippen molar-refractivity contribution in [2.45, 2.75) is 4.90 Å². The van der Waals surface area contributed by atoms with Crippen molar-refractivity contribution in [2.75, 3.05) is 37.6 Å². The average Bonchev–Trinajstić information content (AvgIpc) is 2.72. The number of para-hydroxylation sites is 1. The summed E-state index contributed by atoms with van der Waals surface area (Å²) in [5.41, 5.74) is 1.62. The second-order valence-corrected chi connectivity index (χ2v) is 7.93. The maximum Gasteiger partial charge on any atom is 0.253 e. The lowest BCUT2D eigenvalue weighted by atomic mass is 10.1. The molecule has 0 saturated carbocycles. The quantitative estimate of drug-likeness (QED) is 0.796. The minimum atomic E-state index is -3.65. The van der Waals surface area contributed by atoms with Crippen LogP contribution >= 0.6 is 0 Å². The van der Waals surface area contributed by atoms with Crippen LogP contribution in [0.1, 0.15) is 10.4 Å². The van der Waals surface area contributed by atoms with Crippen molar-refractivity contribution in [2.24, 2.45) is 0 Å². The van der Waals surface area contributed by atoms with Gasteiger partial charge in [0.2, 0.25) is 10.0 Å². The molecule has 0 aliphatic carbocycles. The molecular weight excluding hydrogens is 362 g/mol. The summed E-state index contributed by atoms with van der Waals surface area (Å²) >= 11 is 0. The lowest BCUT2D eigenvalue weighted by molar-refractivity contribution is 0.0746. The molecule has 7 heteroatoms. The number of benzene rings is 2. The molecule has 6 nitrogen and oxygen atoms in total. The van der Waals surface area contributed by atoms with Gasteiger partial charge in [-0.25, -0.2) is 8.42 Å². The molecular formula is C20H21N3O3S. The molecule has 3 rings (SSSR count). The molecule has 1 amide bonds. The summed E-state index contributed by atoms with van der Waals surface area (Å²) in [5, 5.41) is 0. The second kappa shape index (κ2) is 8.25. The number of anilines is 1. The summed E-state index contributed by atoms with van der Waals surface area (Å²) < 4.78 is 26.4. The zero-order valence-corrected chi connectivity index (χ0v) is 15.7. The predicted octanol–water partition coefficient (Wildman–Crippen LogP) is 1.56. The van der Waals surface area contributed by atoms with Crippen LogP contribution in [-0.2, 0) is 10.0 Å². The largest absolute Gasteiger partial charge is 0.368 e. The van der Waals surface area contributed by atoms with Crippen LogP contribution in [0.15, 0.2) is 59.5 Å². The van der Waals surface area contributed by atoms with Crippen molar-refractivity contribution in [3.05, 3.63) is 60.2 Å². The van der Waals surface area contributed by atoms with Gasteiger partial charge in [-0.05, 0) is 36.4 Å². The smallest absolute Gasteiger partial charge is 0.253 e. The molecule has 0 radical (unpaired) electrons. The number of hydrogen-bond donors (Lipinski definition) is 1. The van der Waals surface area contributed by atoms with E-state index in [1.165, 1.54) is 24.3 Å². The first-order valence-corrected chi connectivity index (χ1v) is 10.1. The molecule has 27 heavy (non-hydrogen) atoms. The van der Waals surface area contributed by atoms with Crippen LogP contribution in [0.4, 0.5) is 5.69 Å². The fraction of sp³-hybridized carbons (Fsp3) is 0.250. The number of carbonyl (C=O) groups excluding carboxylic acids is 1. The normalized spacial score (nSPS) is 14.6. The minimum absolute atomic E-state index is 0.0747. The molecule has 140 valence electrons. The molecule has 2 aromatic carbocycles. The van der Waals surface area contributed by atoms with Crippen LogP contribution < -0.4 is 9.62 Å². The Bertz CT molecular complexity index is 927. The van der Waals surface area contributed by atoms with Gasteiger partial charge in [-0.2, -0.15) is 4.72 Å². The van der Waals surface area contributed by atoms with Crippen molar-refractivity contribution < 1.29 is 13.2 Å². The number of sulfonamides is 1. The topological polar surface area (TPSA) is 69.7 Å². The Morgan fingerprint density at radius 1 is 1.00 bits per heavy atom. The number of piperazine rings is 1. The van der Waals surface area contributed by atoms with Crippen LogP contribution in [0.5, 0.6) is 0 Å². The first-order valence-electron chi connectivity index (χ1n) is 8.64. The molecule has 0 atom stereocenters. The van der Waals surface area contributed by atoms with Gasteiger partial charge in [0.25, 0.3) is 5.91 Å². The van der Waals surface area contributed by atoms with Gasteiger partial charge in [-0.3, -0.25) is 4.79 Å². The van der Waals surface area contributed by atoms with E-state index in [-0.39, 0.29) is 17.3 Å². The number of nitrogens with one attached hydrogen (secondary N) is 1. The van der Waals surface area contributed by atoms with E-state index in [9.17, 15) is 13.2 Å². The summed E-state index contributed by atoms with van der Waals surface area (Å²) in [6.45, 7) is 2.69. The highest BCUT2D eigenvalue weighted by Gasteiger charge is 2.23. The van der Waals surface area contributed by atoms with E-state index in [1.807, 2.05) is 18.2 Å². The fourth-order valence-electron chi connectivity index (χ4n) is 2.99. The zero-order valence-electron chi connectivity index (χ0n) is 14.8. The van der Waals surface area contributed by atoms with Gasteiger partial charge in [0.05, 0.1) is 11.4 Å². The molecule has 0 spiro atoms. The van der Waals surface area contributed by atoms with Gasteiger partial charge in [-0.15, -0.1) is 6.42 Å². The molecule has 0 unspecified atom stereocenters. The SMILES string of the molecule is C#CCNS(=O)(=O)c1ccc(C(=O)N2CCN(c3ccccc3)CC2)cc1. The zero-order chi connectivity index (χ0) is 19.3. The summed E-state index contributed by atoms with van der Waals surface area (Å²) in [6, 6.07) is 16.0. The van der Waals surface area contributed by atoms with Gasteiger partial charge in [0, 0.05) is 37.4 Å². The first-order chi connectivity index (χ1) is 13.0.